The van der Waals surface area contributed by atoms with Gasteiger partial charge in [-0.1, -0.05) is 6.92 Å². The van der Waals surface area contributed by atoms with E-state index in [9.17, 15) is 4.79 Å². The summed E-state index contributed by atoms with van der Waals surface area (Å²) < 4.78 is 0. The molecule has 1 fully saturated rings. The Labute approximate surface area is 89.9 Å². The lowest BCUT2D eigenvalue weighted by Gasteiger charge is -2.18. The van der Waals surface area contributed by atoms with Crippen LogP contribution in [0.4, 0.5) is 0 Å². The van der Waals surface area contributed by atoms with Crippen LogP contribution >= 0.6 is 0 Å². The van der Waals surface area contributed by atoms with E-state index in [1.54, 1.807) is 6.20 Å². The van der Waals surface area contributed by atoms with Crippen molar-refractivity contribution in [2.24, 2.45) is 0 Å². The fourth-order valence-electron chi connectivity index (χ4n) is 2.29. The summed E-state index contributed by atoms with van der Waals surface area (Å²) in [5, 5.41) is 3.01. The lowest BCUT2D eigenvalue weighted by atomic mass is 9.89. The number of aromatic nitrogens is 1. The Morgan fingerprint density at radius 2 is 2.40 bits per heavy atom. The van der Waals surface area contributed by atoms with Crippen LogP contribution in [0.25, 0.3) is 0 Å². The largest absolute Gasteiger partial charge is 0.353 e. The number of amides is 1. The van der Waals surface area contributed by atoms with Crippen LogP contribution in [-0.4, -0.2) is 16.9 Å². The summed E-state index contributed by atoms with van der Waals surface area (Å²) in [6.07, 6.45) is 5.27. The normalized spacial score (nSPS) is 25.3. The van der Waals surface area contributed by atoms with Crippen LogP contribution in [0.3, 0.4) is 0 Å². The van der Waals surface area contributed by atoms with Gasteiger partial charge in [-0.2, -0.15) is 0 Å². The summed E-state index contributed by atoms with van der Waals surface area (Å²) in [5.74, 6) is 0.464. The summed E-state index contributed by atoms with van der Waals surface area (Å²) in [7, 11) is 0. The van der Waals surface area contributed by atoms with Gasteiger partial charge < -0.3 is 5.32 Å². The van der Waals surface area contributed by atoms with Gasteiger partial charge in [-0.3, -0.25) is 9.78 Å². The third kappa shape index (κ3) is 1.87. The van der Waals surface area contributed by atoms with Crippen LogP contribution in [0.5, 0.6) is 0 Å². The molecule has 1 aromatic heterocycles. The Morgan fingerprint density at radius 3 is 3.07 bits per heavy atom. The van der Waals surface area contributed by atoms with Crippen molar-refractivity contribution in [3.63, 3.8) is 0 Å². The van der Waals surface area contributed by atoms with Crippen molar-refractivity contribution < 1.29 is 4.79 Å². The molecule has 0 saturated carbocycles. The highest BCUT2D eigenvalue weighted by Crippen LogP contribution is 2.31. The van der Waals surface area contributed by atoms with Crippen LogP contribution in [0.2, 0.25) is 0 Å². The van der Waals surface area contributed by atoms with E-state index < -0.39 is 0 Å². The molecule has 2 unspecified atom stereocenters. The number of rotatable bonds is 2. The van der Waals surface area contributed by atoms with Crippen molar-refractivity contribution >= 4 is 5.91 Å². The monoisotopic (exact) mass is 204 g/mol. The molecule has 3 heteroatoms. The molecule has 0 spiro atoms. The van der Waals surface area contributed by atoms with Gasteiger partial charge in [0.25, 0.3) is 0 Å². The van der Waals surface area contributed by atoms with Crippen molar-refractivity contribution in [3.8, 4) is 0 Å². The SMILES string of the molecule is CCC1NC(=O)CC1c1cnccc1C. The minimum atomic E-state index is 0.162. The molecule has 2 heterocycles. The molecule has 1 amide bonds. The summed E-state index contributed by atoms with van der Waals surface area (Å²) in [6.45, 7) is 4.18. The van der Waals surface area contributed by atoms with Crippen LogP contribution < -0.4 is 5.32 Å². The molecule has 1 aliphatic rings. The van der Waals surface area contributed by atoms with E-state index in [4.69, 9.17) is 0 Å². The van der Waals surface area contributed by atoms with E-state index >= 15 is 0 Å². The summed E-state index contributed by atoms with van der Waals surface area (Å²) >= 11 is 0. The van der Waals surface area contributed by atoms with E-state index in [1.165, 1.54) is 11.1 Å². The van der Waals surface area contributed by atoms with Gasteiger partial charge in [-0.15, -0.1) is 0 Å². The second-order valence-corrected chi connectivity index (χ2v) is 4.13. The number of aryl methyl sites for hydroxylation is 1. The molecule has 1 N–H and O–H groups in total. The number of pyridine rings is 1. The first-order valence-electron chi connectivity index (χ1n) is 5.42. The Kier molecular flexibility index (Phi) is 2.71. The number of hydrogen-bond donors (Lipinski definition) is 1. The molecule has 80 valence electrons. The topological polar surface area (TPSA) is 42.0 Å². The van der Waals surface area contributed by atoms with Crippen LogP contribution in [0, 0.1) is 6.92 Å². The number of nitrogens with one attached hydrogen (secondary N) is 1. The number of carbonyl (C=O) groups is 1. The molecule has 0 radical (unpaired) electrons. The van der Waals surface area contributed by atoms with Crippen LogP contribution in [0.1, 0.15) is 36.8 Å². The Balaban J connectivity index is 2.30. The third-order valence-corrected chi connectivity index (χ3v) is 3.16. The van der Waals surface area contributed by atoms with Gasteiger partial charge in [0.1, 0.15) is 0 Å². The lowest BCUT2D eigenvalue weighted by molar-refractivity contribution is -0.119. The molecule has 1 aromatic rings. The van der Waals surface area contributed by atoms with E-state index in [-0.39, 0.29) is 11.9 Å². The average Bonchev–Trinajstić information content (AvgIpc) is 2.60. The first-order valence-corrected chi connectivity index (χ1v) is 5.42. The molecule has 2 rings (SSSR count). The molecule has 0 aromatic carbocycles. The highest BCUT2D eigenvalue weighted by molar-refractivity contribution is 5.80. The highest BCUT2D eigenvalue weighted by atomic mass is 16.2. The fourth-order valence-corrected chi connectivity index (χ4v) is 2.29. The Morgan fingerprint density at radius 1 is 1.60 bits per heavy atom. The highest BCUT2D eigenvalue weighted by Gasteiger charge is 2.32. The molecular weight excluding hydrogens is 188 g/mol. The zero-order chi connectivity index (χ0) is 10.8. The quantitative estimate of drug-likeness (QED) is 0.797. The van der Waals surface area contributed by atoms with E-state index in [1.807, 2.05) is 12.3 Å². The van der Waals surface area contributed by atoms with Crippen molar-refractivity contribution in [1.29, 1.82) is 0 Å². The molecular formula is C12H16N2O. The van der Waals surface area contributed by atoms with E-state index in [2.05, 4.69) is 24.1 Å². The fraction of sp³-hybridized carbons (Fsp3) is 0.500. The maximum atomic E-state index is 11.4. The third-order valence-electron chi connectivity index (χ3n) is 3.16. The van der Waals surface area contributed by atoms with Crippen LogP contribution in [0.15, 0.2) is 18.5 Å². The zero-order valence-corrected chi connectivity index (χ0v) is 9.16. The Hall–Kier alpha value is -1.38. The number of carbonyl (C=O) groups excluding carboxylic acids is 1. The maximum Gasteiger partial charge on any atom is 0.220 e. The summed E-state index contributed by atoms with van der Waals surface area (Å²) in [4.78, 5) is 15.5. The van der Waals surface area contributed by atoms with Crippen molar-refractivity contribution in [2.45, 2.75) is 38.6 Å². The summed E-state index contributed by atoms with van der Waals surface area (Å²) in [5.41, 5.74) is 2.44. The summed E-state index contributed by atoms with van der Waals surface area (Å²) in [6, 6.07) is 2.28. The van der Waals surface area contributed by atoms with E-state index in [0.29, 0.717) is 12.3 Å². The van der Waals surface area contributed by atoms with Gasteiger partial charge in [0, 0.05) is 30.8 Å². The standard InChI is InChI=1S/C12H16N2O/c1-3-11-9(6-12(15)14-11)10-7-13-5-4-8(10)2/h4-5,7,9,11H,3,6H2,1-2H3,(H,14,15). The van der Waals surface area contributed by atoms with Gasteiger partial charge in [0.15, 0.2) is 0 Å². The maximum absolute atomic E-state index is 11.4. The first kappa shape index (κ1) is 10.1. The van der Waals surface area contributed by atoms with Gasteiger partial charge >= 0.3 is 0 Å². The predicted octanol–water partition coefficient (Wildman–Crippen LogP) is 1.77. The van der Waals surface area contributed by atoms with Gasteiger partial charge in [-0.05, 0) is 30.5 Å². The van der Waals surface area contributed by atoms with Crippen molar-refractivity contribution in [1.82, 2.24) is 10.3 Å². The van der Waals surface area contributed by atoms with Crippen LogP contribution in [-0.2, 0) is 4.79 Å². The minimum Gasteiger partial charge on any atom is -0.353 e. The van der Waals surface area contributed by atoms with Gasteiger partial charge in [0.2, 0.25) is 5.91 Å². The Bertz CT molecular complexity index is 376. The molecule has 1 aliphatic heterocycles. The average molecular weight is 204 g/mol. The first-order chi connectivity index (χ1) is 7.22. The van der Waals surface area contributed by atoms with Gasteiger partial charge in [0.05, 0.1) is 0 Å². The zero-order valence-electron chi connectivity index (χ0n) is 9.16. The molecule has 0 aliphatic carbocycles. The smallest absolute Gasteiger partial charge is 0.220 e. The molecule has 1 saturated heterocycles. The molecule has 0 bridgehead atoms. The number of hydrogen-bond acceptors (Lipinski definition) is 2. The van der Waals surface area contributed by atoms with Crippen molar-refractivity contribution in [3.05, 3.63) is 29.6 Å². The minimum absolute atomic E-state index is 0.162. The second-order valence-electron chi connectivity index (χ2n) is 4.13. The predicted molar refractivity (Wildman–Crippen MR) is 58.6 cm³/mol. The number of nitrogens with zero attached hydrogens (tertiary/aromatic N) is 1. The van der Waals surface area contributed by atoms with Gasteiger partial charge in [-0.25, -0.2) is 0 Å². The second kappa shape index (κ2) is 4.01. The lowest BCUT2D eigenvalue weighted by Crippen LogP contribution is -2.27. The van der Waals surface area contributed by atoms with E-state index in [0.717, 1.165) is 6.42 Å². The van der Waals surface area contributed by atoms with Crippen molar-refractivity contribution in [2.75, 3.05) is 0 Å². The molecule has 3 nitrogen and oxygen atoms in total. The molecule has 15 heavy (non-hydrogen) atoms. The molecule has 2 atom stereocenters.